The predicted octanol–water partition coefficient (Wildman–Crippen LogP) is 3.92. The van der Waals surface area contributed by atoms with Crippen molar-refractivity contribution in [2.75, 3.05) is 32.0 Å². The van der Waals surface area contributed by atoms with Crippen molar-refractivity contribution in [2.45, 2.75) is 39.0 Å². The number of likely N-dealkylation sites (N-methyl/N-ethyl adjacent to an activating group) is 1. The van der Waals surface area contributed by atoms with Crippen LogP contribution in [0, 0.1) is 12.8 Å². The Balaban J connectivity index is 1.64. The second kappa shape index (κ2) is 7.54. The Morgan fingerprint density at radius 2 is 2.00 bits per heavy atom. The molecule has 0 radical (unpaired) electrons. The van der Waals surface area contributed by atoms with Gasteiger partial charge in [0.2, 0.25) is 0 Å². The van der Waals surface area contributed by atoms with Gasteiger partial charge in [0, 0.05) is 25.3 Å². The zero-order chi connectivity index (χ0) is 13.5. The number of hydrogen-bond donors (Lipinski definition) is 1. The van der Waals surface area contributed by atoms with E-state index in [2.05, 4.69) is 48.5 Å². The molecule has 1 aromatic rings. The molecular weight excluding hydrogens is 232 g/mol. The van der Waals surface area contributed by atoms with E-state index in [0.717, 1.165) is 19.0 Å². The van der Waals surface area contributed by atoms with Gasteiger partial charge < -0.3 is 10.2 Å². The molecule has 106 valence electrons. The zero-order valence-electron chi connectivity index (χ0n) is 12.5. The molecule has 1 aromatic carbocycles. The summed E-state index contributed by atoms with van der Waals surface area (Å²) < 4.78 is 0. The van der Waals surface area contributed by atoms with Crippen LogP contribution in [0.1, 0.15) is 37.7 Å². The number of rotatable bonds is 6. The Morgan fingerprint density at radius 1 is 1.21 bits per heavy atom. The van der Waals surface area contributed by atoms with Gasteiger partial charge in [-0.15, -0.1) is 0 Å². The molecular formula is C17H28N2. The molecule has 1 aliphatic carbocycles. The molecule has 0 unspecified atom stereocenters. The quantitative estimate of drug-likeness (QED) is 0.834. The molecule has 0 aromatic heterocycles. The number of nitrogens with one attached hydrogen (secondary N) is 1. The topological polar surface area (TPSA) is 15.3 Å². The summed E-state index contributed by atoms with van der Waals surface area (Å²) in [5.41, 5.74) is 2.56. The average molecular weight is 260 g/mol. The first kappa shape index (κ1) is 14.4. The molecule has 1 aliphatic rings. The van der Waals surface area contributed by atoms with Gasteiger partial charge in [-0.1, -0.05) is 31.4 Å². The molecule has 2 nitrogen and oxygen atoms in total. The second-order valence-corrected chi connectivity index (χ2v) is 6.06. The minimum absolute atomic E-state index is 0.942. The molecule has 1 fully saturated rings. The minimum atomic E-state index is 0.942. The van der Waals surface area contributed by atoms with E-state index in [1.165, 1.54) is 49.9 Å². The highest BCUT2D eigenvalue weighted by Crippen LogP contribution is 2.23. The summed E-state index contributed by atoms with van der Waals surface area (Å²) in [5.74, 6) is 0.942. The third-order valence-electron chi connectivity index (χ3n) is 4.14. The van der Waals surface area contributed by atoms with E-state index in [-0.39, 0.29) is 0 Å². The number of anilines is 1. The molecule has 2 heteroatoms. The van der Waals surface area contributed by atoms with Gasteiger partial charge >= 0.3 is 0 Å². The number of benzene rings is 1. The summed E-state index contributed by atoms with van der Waals surface area (Å²) in [4.78, 5) is 2.48. The molecule has 0 amide bonds. The van der Waals surface area contributed by atoms with Crippen LogP contribution in [-0.2, 0) is 0 Å². The second-order valence-electron chi connectivity index (χ2n) is 6.06. The van der Waals surface area contributed by atoms with Crippen LogP contribution in [0.3, 0.4) is 0 Å². The Kier molecular flexibility index (Phi) is 5.71. The zero-order valence-corrected chi connectivity index (χ0v) is 12.5. The monoisotopic (exact) mass is 260 g/mol. The summed E-state index contributed by atoms with van der Waals surface area (Å²) >= 11 is 0. The Hall–Kier alpha value is -1.02. The van der Waals surface area contributed by atoms with Crippen LogP contribution in [0.25, 0.3) is 0 Å². The van der Waals surface area contributed by atoms with Crippen molar-refractivity contribution >= 4 is 5.69 Å². The summed E-state index contributed by atoms with van der Waals surface area (Å²) in [6.45, 7) is 5.58. The average Bonchev–Trinajstić information content (AvgIpc) is 2.40. The van der Waals surface area contributed by atoms with Gasteiger partial charge in [0.25, 0.3) is 0 Å². The summed E-state index contributed by atoms with van der Waals surface area (Å²) in [5, 5.41) is 3.51. The summed E-state index contributed by atoms with van der Waals surface area (Å²) in [7, 11) is 2.26. The van der Waals surface area contributed by atoms with E-state index in [9.17, 15) is 0 Å². The smallest absolute Gasteiger partial charge is 0.0343 e. The Bertz CT molecular complexity index is 369. The maximum absolute atomic E-state index is 3.51. The Morgan fingerprint density at radius 3 is 2.74 bits per heavy atom. The van der Waals surface area contributed by atoms with Crippen LogP contribution < -0.4 is 5.32 Å². The highest BCUT2D eigenvalue weighted by atomic mass is 15.1. The first-order valence-corrected chi connectivity index (χ1v) is 7.73. The van der Waals surface area contributed by atoms with Crippen molar-refractivity contribution in [2.24, 2.45) is 5.92 Å². The maximum atomic E-state index is 3.51. The predicted molar refractivity (Wildman–Crippen MR) is 83.7 cm³/mol. The number of nitrogens with zero attached hydrogens (tertiary/aromatic N) is 1. The van der Waals surface area contributed by atoms with Crippen molar-refractivity contribution < 1.29 is 0 Å². The molecule has 1 saturated carbocycles. The van der Waals surface area contributed by atoms with Crippen LogP contribution in [0.4, 0.5) is 5.69 Å². The standard InChI is InChI=1S/C17H28N2/c1-15-7-6-10-17(13-15)18-11-12-19(2)14-16-8-4-3-5-9-16/h6-7,10,13,16,18H,3-5,8-9,11-12,14H2,1-2H3. The number of hydrogen-bond acceptors (Lipinski definition) is 2. The molecule has 0 atom stereocenters. The highest BCUT2D eigenvalue weighted by molar-refractivity contribution is 5.45. The lowest BCUT2D eigenvalue weighted by molar-refractivity contribution is 0.239. The summed E-state index contributed by atoms with van der Waals surface area (Å²) in [6, 6.07) is 8.61. The van der Waals surface area contributed by atoms with Crippen LogP contribution in [-0.4, -0.2) is 31.6 Å². The highest BCUT2D eigenvalue weighted by Gasteiger charge is 2.14. The fourth-order valence-electron chi connectivity index (χ4n) is 3.05. The lowest BCUT2D eigenvalue weighted by atomic mass is 9.89. The lowest BCUT2D eigenvalue weighted by Gasteiger charge is -2.27. The number of aryl methyl sites for hydroxylation is 1. The maximum Gasteiger partial charge on any atom is 0.0343 e. The molecule has 0 heterocycles. The van der Waals surface area contributed by atoms with E-state index in [1.807, 2.05) is 0 Å². The molecule has 1 N–H and O–H groups in total. The van der Waals surface area contributed by atoms with E-state index in [0.29, 0.717) is 0 Å². The van der Waals surface area contributed by atoms with Gasteiger partial charge in [-0.05, 0) is 50.4 Å². The fourth-order valence-corrected chi connectivity index (χ4v) is 3.05. The van der Waals surface area contributed by atoms with Gasteiger partial charge in [0.15, 0.2) is 0 Å². The van der Waals surface area contributed by atoms with Crippen molar-refractivity contribution in [1.82, 2.24) is 4.90 Å². The molecule has 0 bridgehead atoms. The molecule has 19 heavy (non-hydrogen) atoms. The lowest BCUT2D eigenvalue weighted by Crippen LogP contribution is -2.31. The summed E-state index contributed by atoms with van der Waals surface area (Å²) in [6.07, 6.45) is 7.22. The largest absolute Gasteiger partial charge is 0.384 e. The normalized spacial score (nSPS) is 16.8. The third-order valence-corrected chi connectivity index (χ3v) is 4.14. The molecule has 0 aliphatic heterocycles. The van der Waals surface area contributed by atoms with Crippen LogP contribution >= 0.6 is 0 Å². The molecule has 0 saturated heterocycles. The van der Waals surface area contributed by atoms with Crippen molar-refractivity contribution in [3.63, 3.8) is 0 Å². The van der Waals surface area contributed by atoms with Gasteiger partial charge in [0.05, 0.1) is 0 Å². The third kappa shape index (κ3) is 5.23. The van der Waals surface area contributed by atoms with Gasteiger partial charge in [-0.3, -0.25) is 0 Å². The van der Waals surface area contributed by atoms with Crippen LogP contribution in [0.2, 0.25) is 0 Å². The van der Waals surface area contributed by atoms with E-state index < -0.39 is 0 Å². The van der Waals surface area contributed by atoms with Crippen molar-refractivity contribution in [3.8, 4) is 0 Å². The SMILES string of the molecule is Cc1cccc(NCCN(C)CC2CCCCC2)c1. The molecule has 0 spiro atoms. The van der Waals surface area contributed by atoms with Crippen LogP contribution in [0.5, 0.6) is 0 Å². The molecule has 2 rings (SSSR count). The van der Waals surface area contributed by atoms with E-state index >= 15 is 0 Å². The van der Waals surface area contributed by atoms with Crippen molar-refractivity contribution in [3.05, 3.63) is 29.8 Å². The fraction of sp³-hybridized carbons (Fsp3) is 0.647. The first-order valence-electron chi connectivity index (χ1n) is 7.73. The van der Waals surface area contributed by atoms with Gasteiger partial charge in [-0.2, -0.15) is 0 Å². The Labute approximate surface area is 118 Å². The van der Waals surface area contributed by atoms with Gasteiger partial charge in [0.1, 0.15) is 0 Å². The van der Waals surface area contributed by atoms with E-state index in [4.69, 9.17) is 0 Å². The van der Waals surface area contributed by atoms with Gasteiger partial charge in [-0.25, -0.2) is 0 Å². The van der Waals surface area contributed by atoms with Crippen molar-refractivity contribution in [1.29, 1.82) is 0 Å². The van der Waals surface area contributed by atoms with E-state index in [1.54, 1.807) is 0 Å². The first-order chi connectivity index (χ1) is 9.24. The minimum Gasteiger partial charge on any atom is -0.384 e. The van der Waals surface area contributed by atoms with Crippen LogP contribution in [0.15, 0.2) is 24.3 Å².